The molecule has 0 aliphatic carbocycles. The Hall–Kier alpha value is -0.640. The molecule has 2 unspecified atom stereocenters. The highest BCUT2D eigenvalue weighted by Crippen LogP contribution is 2.27. The molecule has 2 aromatic heterocycles. The van der Waals surface area contributed by atoms with Gasteiger partial charge in [-0.05, 0) is 43.8 Å². The Labute approximate surface area is 112 Å². The standard InChI is InChI=1S/C14H19NS2/c1-4-12-7-8-14(17-12)11(3)15-10(2)13-6-5-9-16-13/h5-11,15H,4H2,1-3H3. The molecule has 0 spiro atoms. The van der Waals surface area contributed by atoms with Gasteiger partial charge in [-0.2, -0.15) is 0 Å². The minimum absolute atomic E-state index is 0.428. The number of thiophene rings is 2. The molecule has 2 heterocycles. The molecular formula is C14H19NS2. The number of nitrogens with one attached hydrogen (secondary N) is 1. The number of hydrogen-bond donors (Lipinski definition) is 1. The van der Waals surface area contributed by atoms with E-state index in [1.54, 1.807) is 0 Å². The summed E-state index contributed by atoms with van der Waals surface area (Å²) in [5.74, 6) is 0. The fourth-order valence-corrected chi connectivity index (χ4v) is 3.60. The van der Waals surface area contributed by atoms with Gasteiger partial charge < -0.3 is 5.32 Å². The molecule has 0 radical (unpaired) electrons. The summed E-state index contributed by atoms with van der Waals surface area (Å²) in [5.41, 5.74) is 0. The zero-order chi connectivity index (χ0) is 12.3. The third-order valence-corrected chi connectivity index (χ3v) is 5.39. The molecule has 0 bridgehead atoms. The van der Waals surface area contributed by atoms with Crippen molar-refractivity contribution in [1.82, 2.24) is 5.32 Å². The lowest BCUT2D eigenvalue weighted by Crippen LogP contribution is -2.20. The van der Waals surface area contributed by atoms with E-state index in [2.05, 4.69) is 55.7 Å². The van der Waals surface area contributed by atoms with Crippen molar-refractivity contribution in [1.29, 1.82) is 0 Å². The van der Waals surface area contributed by atoms with Crippen LogP contribution in [0.15, 0.2) is 29.6 Å². The average Bonchev–Trinajstić information content (AvgIpc) is 3.00. The molecule has 0 amide bonds. The van der Waals surface area contributed by atoms with Crippen LogP contribution in [-0.2, 0) is 6.42 Å². The molecule has 0 fully saturated rings. The Morgan fingerprint density at radius 1 is 1.12 bits per heavy atom. The summed E-state index contributed by atoms with van der Waals surface area (Å²) in [6.45, 7) is 6.69. The summed E-state index contributed by atoms with van der Waals surface area (Å²) in [4.78, 5) is 4.31. The van der Waals surface area contributed by atoms with Crippen LogP contribution in [0.2, 0.25) is 0 Å². The van der Waals surface area contributed by atoms with E-state index in [0.717, 1.165) is 6.42 Å². The van der Waals surface area contributed by atoms with Crippen molar-refractivity contribution in [2.75, 3.05) is 0 Å². The Bertz CT molecular complexity index is 444. The van der Waals surface area contributed by atoms with Crippen LogP contribution in [0.3, 0.4) is 0 Å². The second-order valence-corrected chi connectivity index (χ2v) is 6.46. The van der Waals surface area contributed by atoms with Gasteiger partial charge in [0.25, 0.3) is 0 Å². The molecule has 17 heavy (non-hydrogen) atoms. The summed E-state index contributed by atoms with van der Waals surface area (Å²) in [6, 6.07) is 9.66. The normalized spacial score (nSPS) is 14.8. The molecule has 3 heteroatoms. The first-order chi connectivity index (χ1) is 8.20. The van der Waals surface area contributed by atoms with Gasteiger partial charge in [0.05, 0.1) is 0 Å². The fraction of sp³-hybridized carbons (Fsp3) is 0.429. The minimum atomic E-state index is 0.428. The third-order valence-electron chi connectivity index (χ3n) is 2.93. The largest absolute Gasteiger partial charge is 0.302 e. The Morgan fingerprint density at radius 2 is 1.88 bits per heavy atom. The van der Waals surface area contributed by atoms with Crippen LogP contribution in [0.5, 0.6) is 0 Å². The smallest absolute Gasteiger partial charge is 0.0391 e. The van der Waals surface area contributed by atoms with Gasteiger partial charge in [0.1, 0.15) is 0 Å². The maximum Gasteiger partial charge on any atom is 0.0391 e. The maximum absolute atomic E-state index is 3.66. The maximum atomic E-state index is 3.66. The molecule has 2 atom stereocenters. The Balaban J connectivity index is 1.99. The molecule has 1 N–H and O–H groups in total. The first-order valence-corrected chi connectivity index (χ1v) is 7.78. The van der Waals surface area contributed by atoms with Gasteiger partial charge in [0, 0.05) is 26.7 Å². The molecule has 0 saturated heterocycles. The van der Waals surface area contributed by atoms with Gasteiger partial charge in [-0.3, -0.25) is 0 Å². The summed E-state index contributed by atoms with van der Waals surface area (Å²) in [7, 11) is 0. The highest BCUT2D eigenvalue weighted by Gasteiger charge is 2.13. The van der Waals surface area contributed by atoms with E-state index in [9.17, 15) is 0 Å². The Kier molecular flexibility index (Phi) is 4.37. The Morgan fingerprint density at radius 3 is 2.47 bits per heavy atom. The lowest BCUT2D eigenvalue weighted by molar-refractivity contribution is 0.506. The summed E-state index contributed by atoms with van der Waals surface area (Å²) in [5, 5.41) is 5.79. The van der Waals surface area contributed by atoms with Crippen molar-refractivity contribution >= 4 is 22.7 Å². The monoisotopic (exact) mass is 265 g/mol. The lowest BCUT2D eigenvalue weighted by Gasteiger charge is -2.18. The molecular weight excluding hydrogens is 246 g/mol. The summed E-state index contributed by atoms with van der Waals surface area (Å²) in [6.07, 6.45) is 1.14. The molecule has 0 saturated carbocycles. The van der Waals surface area contributed by atoms with Crippen molar-refractivity contribution in [3.05, 3.63) is 44.3 Å². The number of hydrogen-bond acceptors (Lipinski definition) is 3. The van der Waals surface area contributed by atoms with Crippen LogP contribution < -0.4 is 5.32 Å². The van der Waals surface area contributed by atoms with E-state index < -0.39 is 0 Å². The average molecular weight is 265 g/mol. The van der Waals surface area contributed by atoms with Gasteiger partial charge in [0.15, 0.2) is 0 Å². The van der Waals surface area contributed by atoms with Crippen LogP contribution in [0, 0.1) is 0 Å². The summed E-state index contributed by atoms with van der Waals surface area (Å²) < 4.78 is 0. The van der Waals surface area contributed by atoms with Crippen molar-refractivity contribution < 1.29 is 0 Å². The van der Waals surface area contributed by atoms with E-state index in [0.29, 0.717) is 12.1 Å². The van der Waals surface area contributed by atoms with Gasteiger partial charge in [-0.25, -0.2) is 0 Å². The van der Waals surface area contributed by atoms with Crippen LogP contribution in [0.1, 0.15) is 47.5 Å². The SMILES string of the molecule is CCc1ccc(C(C)NC(C)c2cccs2)s1. The van der Waals surface area contributed by atoms with Crippen LogP contribution >= 0.6 is 22.7 Å². The van der Waals surface area contributed by atoms with Crippen molar-refractivity contribution in [2.45, 2.75) is 39.3 Å². The second kappa shape index (κ2) is 5.80. The zero-order valence-corrected chi connectivity index (χ0v) is 12.2. The van der Waals surface area contributed by atoms with E-state index in [-0.39, 0.29) is 0 Å². The lowest BCUT2D eigenvalue weighted by atomic mass is 10.2. The van der Waals surface area contributed by atoms with Gasteiger partial charge >= 0.3 is 0 Å². The number of rotatable bonds is 5. The van der Waals surface area contributed by atoms with Crippen molar-refractivity contribution in [3.8, 4) is 0 Å². The second-order valence-electron chi connectivity index (χ2n) is 4.28. The first-order valence-electron chi connectivity index (χ1n) is 6.08. The van der Waals surface area contributed by atoms with Gasteiger partial charge in [0.2, 0.25) is 0 Å². The molecule has 0 aliphatic rings. The van der Waals surface area contributed by atoms with Crippen LogP contribution in [-0.4, -0.2) is 0 Å². The quantitative estimate of drug-likeness (QED) is 0.820. The van der Waals surface area contributed by atoms with Gasteiger partial charge in [-0.1, -0.05) is 13.0 Å². The highest BCUT2D eigenvalue weighted by molar-refractivity contribution is 7.12. The highest BCUT2D eigenvalue weighted by atomic mass is 32.1. The van der Waals surface area contributed by atoms with Crippen LogP contribution in [0.25, 0.3) is 0 Å². The molecule has 2 aromatic rings. The predicted molar refractivity (Wildman–Crippen MR) is 78.0 cm³/mol. The zero-order valence-electron chi connectivity index (χ0n) is 10.6. The molecule has 0 aliphatic heterocycles. The van der Waals surface area contributed by atoms with Crippen molar-refractivity contribution in [2.24, 2.45) is 0 Å². The van der Waals surface area contributed by atoms with E-state index in [1.807, 2.05) is 22.7 Å². The molecule has 0 aromatic carbocycles. The van der Waals surface area contributed by atoms with Crippen LogP contribution in [0.4, 0.5) is 0 Å². The third kappa shape index (κ3) is 3.18. The number of aryl methyl sites for hydroxylation is 1. The van der Waals surface area contributed by atoms with Gasteiger partial charge in [-0.15, -0.1) is 22.7 Å². The summed E-state index contributed by atoms with van der Waals surface area (Å²) >= 11 is 3.74. The van der Waals surface area contributed by atoms with Crippen molar-refractivity contribution in [3.63, 3.8) is 0 Å². The van der Waals surface area contributed by atoms with E-state index in [1.165, 1.54) is 14.6 Å². The molecule has 2 rings (SSSR count). The fourth-order valence-electron chi connectivity index (χ4n) is 1.89. The molecule has 1 nitrogen and oxygen atoms in total. The minimum Gasteiger partial charge on any atom is -0.302 e. The topological polar surface area (TPSA) is 12.0 Å². The van der Waals surface area contributed by atoms with E-state index >= 15 is 0 Å². The molecule has 92 valence electrons. The van der Waals surface area contributed by atoms with E-state index in [4.69, 9.17) is 0 Å². The first kappa shape index (κ1) is 12.8. The predicted octanol–water partition coefficient (Wildman–Crippen LogP) is 4.78.